The van der Waals surface area contributed by atoms with Crippen molar-refractivity contribution in [3.63, 3.8) is 0 Å². The Morgan fingerprint density at radius 1 is 1.21 bits per heavy atom. The van der Waals surface area contributed by atoms with E-state index in [1.54, 1.807) is 11.7 Å². The number of pyridine rings is 1. The summed E-state index contributed by atoms with van der Waals surface area (Å²) in [5.41, 5.74) is 1.75. The van der Waals surface area contributed by atoms with Gasteiger partial charge in [0.05, 0.1) is 0 Å². The fraction of sp³-hybridized carbons (Fsp3) is 0.727. The highest BCUT2D eigenvalue weighted by molar-refractivity contribution is 5.95. The van der Waals surface area contributed by atoms with E-state index in [0.29, 0.717) is 37.2 Å². The van der Waals surface area contributed by atoms with Crippen LogP contribution in [0, 0.1) is 19.8 Å². The fourth-order valence-corrected chi connectivity index (χ4v) is 4.98. The molecule has 156 valence electrons. The largest absolute Gasteiger partial charge is 0.385 e. The maximum absolute atomic E-state index is 13.0. The third kappa shape index (κ3) is 4.66. The molecule has 0 spiro atoms. The van der Waals surface area contributed by atoms with Gasteiger partial charge in [0.15, 0.2) is 0 Å². The van der Waals surface area contributed by atoms with E-state index in [-0.39, 0.29) is 11.5 Å². The second-order valence-electron chi connectivity index (χ2n) is 8.36. The normalized spacial score (nSPS) is 22.7. The van der Waals surface area contributed by atoms with Gasteiger partial charge in [-0.1, -0.05) is 6.42 Å². The van der Waals surface area contributed by atoms with Gasteiger partial charge in [0.25, 0.3) is 11.5 Å². The Hall–Kier alpha value is -1.66. The Balaban J connectivity index is 1.69. The summed E-state index contributed by atoms with van der Waals surface area (Å²) in [4.78, 5) is 28.5. The summed E-state index contributed by atoms with van der Waals surface area (Å²) in [6, 6.07) is 2.53. The van der Waals surface area contributed by atoms with Crippen LogP contribution in [0.5, 0.6) is 0 Å². The molecule has 0 aliphatic carbocycles. The van der Waals surface area contributed by atoms with Crippen LogP contribution in [0.25, 0.3) is 0 Å². The van der Waals surface area contributed by atoms with Crippen molar-refractivity contribution in [3.8, 4) is 0 Å². The molecule has 3 heterocycles. The van der Waals surface area contributed by atoms with Crippen LogP contribution in [0.3, 0.4) is 0 Å². The summed E-state index contributed by atoms with van der Waals surface area (Å²) in [7, 11) is 1.66. The summed E-state index contributed by atoms with van der Waals surface area (Å²) in [5.74, 6) is 0.267. The number of aromatic nitrogens is 1. The molecule has 3 rings (SSSR count). The van der Waals surface area contributed by atoms with Crippen LogP contribution in [0.15, 0.2) is 10.9 Å². The second kappa shape index (κ2) is 9.70. The van der Waals surface area contributed by atoms with E-state index in [1.807, 2.05) is 19.9 Å². The first-order valence-corrected chi connectivity index (χ1v) is 10.7. The van der Waals surface area contributed by atoms with Crippen molar-refractivity contribution in [1.82, 2.24) is 14.8 Å². The lowest BCUT2D eigenvalue weighted by Gasteiger charge is -2.44. The molecule has 2 atom stereocenters. The highest BCUT2D eigenvalue weighted by atomic mass is 16.5. The number of aryl methyl sites for hydroxylation is 2. The minimum Gasteiger partial charge on any atom is -0.385 e. The Labute approximate surface area is 168 Å². The minimum absolute atomic E-state index is 0.186. The Morgan fingerprint density at radius 3 is 2.79 bits per heavy atom. The summed E-state index contributed by atoms with van der Waals surface area (Å²) in [6.07, 6.45) is 6.93. The summed E-state index contributed by atoms with van der Waals surface area (Å²) >= 11 is 0. The van der Waals surface area contributed by atoms with Crippen LogP contribution >= 0.6 is 0 Å². The van der Waals surface area contributed by atoms with Gasteiger partial charge in [-0.15, -0.1) is 0 Å². The molecule has 6 heteroatoms. The average molecular weight is 390 g/mol. The molecule has 1 amide bonds. The van der Waals surface area contributed by atoms with Gasteiger partial charge in [0, 0.05) is 38.5 Å². The van der Waals surface area contributed by atoms with Gasteiger partial charge in [-0.3, -0.25) is 9.59 Å². The van der Waals surface area contributed by atoms with Gasteiger partial charge in [-0.2, -0.15) is 0 Å². The van der Waals surface area contributed by atoms with E-state index in [0.717, 1.165) is 24.1 Å². The maximum atomic E-state index is 13.0. The number of amides is 1. The lowest BCUT2D eigenvalue weighted by atomic mass is 9.83. The van der Waals surface area contributed by atoms with Crippen LogP contribution < -0.4 is 10.9 Å². The number of hydrogen-bond acceptors (Lipinski definition) is 4. The molecular formula is C22H35N3O3. The molecule has 0 bridgehead atoms. The van der Waals surface area contributed by atoms with E-state index in [4.69, 9.17) is 4.74 Å². The molecule has 0 radical (unpaired) electrons. The SMILES string of the molecule is COCCCn1c(C)cc(C)c(C(=O)NC[C@H]2CCCN3CCCC[C@H]23)c1=O. The Morgan fingerprint density at radius 2 is 2.00 bits per heavy atom. The zero-order chi connectivity index (χ0) is 20.1. The molecule has 0 unspecified atom stereocenters. The minimum atomic E-state index is -0.226. The first kappa shape index (κ1) is 21.1. The van der Waals surface area contributed by atoms with Crippen LogP contribution in [0.4, 0.5) is 0 Å². The van der Waals surface area contributed by atoms with E-state index < -0.39 is 0 Å². The molecule has 0 saturated carbocycles. The van der Waals surface area contributed by atoms with Crippen LogP contribution in [-0.4, -0.2) is 54.8 Å². The molecule has 28 heavy (non-hydrogen) atoms. The lowest BCUT2D eigenvalue weighted by Crippen LogP contribution is -2.51. The van der Waals surface area contributed by atoms with Crippen LogP contribution in [0.2, 0.25) is 0 Å². The molecule has 2 fully saturated rings. The summed E-state index contributed by atoms with van der Waals surface area (Å²) < 4.78 is 6.79. The van der Waals surface area contributed by atoms with Gasteiger partial charge in [0.1, 0.15) is 5.56 Å². The predicted molar refractivity (Wildman–Crippen MR) is 111 cm³/mol. The smallest absolute Gasteiger partial charge is 0.263 e. The fourth-order valence-electron chi connectivity index (χ4n) is 4.98. The highest BCUT2D eigenvalue weighted by Crippen LogP contribution is 2.30. The third-order valence-corrected chi connectivity index (χ3v) is 6.42. The number of fused-ring (bicyclic) bond motifs is 1. The molecule has 0 aromatic carbocycles. The molecule has 1 aromatic rings. The monoisotopic (exact) mass is 389 g/mol. The number of nitrogens with zero attached hydrogens (tertiary/aromatic N) is 2. The standard InChI is InChI=1S/C22H35N3O3/c1-16-14-17(2)25(12-7-13-28-3)22(27)20(16)21(26)23-15-18-8-6-11-24-10-5-4-9-19(18)24/h14,18-19H,4-13,15H2,1-3H3,(H,23,26)/t18-,19-/m1/s1. The van der Waals surface area contributed by atoms with Crippen molar-refractivity contribution >= 4 is 5.91 Å². The number of piperidine rings is 2. The number of carbonyl (C=O) groups excluding carboxylic acids is 1. The number of rotatable bonds is 7. The van der Waals surface area contributed by atoms with Crippen molar-refractivity contribution < 1.29 is 9.53 Å². The maximum Gasteiger partial charge on any atom is 0.263 e. The molecule has 2 aliphatic heterocycles. The predicted octanol–water partition coefficient (Wildman–Crippen LogP) is 2.50. The highest BCUT2D eigenvalue weighted by Gasteiger charge is 2.33. The van der Waals surface area contributed by atoms with Gasteiger partial charge in [-0.25, -0.2) is 0 Å². The molecular weight excluding hydrogens is 354 g/mol. The van der Waals surface area contributed by atoms with Crippen molar-refractivity contribution in [2.75, 3.05) is 33.4 Å². The van der Waals surface area contributed by atoms with Gasteiger partial charge < -0.3 is 19.5 Å². The van der Waals surface area contributed by atoms with E-state index in [1.165, 1.54) is 38.8 Å². The summed E-state index contributed by atoms with van der Waals surface area (Å²) in [6.45, 7) is 7.99. The lowest BCUT2D eigenvalue weighted by molar-refractivity contribution is 0.0575. The molecule has 1 N–H and O–H groups in total. The number of hydrogen-bond donors (Lipinski definition) is 1. The second-order valence-corrected chi connectivity index (χ2v) is 8.36. The van der Waals surface area contributed by atoms with Crippen LogP contribution in [0.1, 0.15) is 60.1 Å². The van der Waals surface area contributed by atoms with Gasteiger partial charge >= 0.3 is 0 Å². The van der Waals surface area contributed by atoms with Crippen molar-refractivity contribution in [3.05, 3.63) is 33.2 Å². The zero-order valence-electron chi connectivity index (χ0n) is 17.6. The van der Waals surface area contributed by atoms with Crippen molar-refractivity contribution in [2.24, 2.45) is 5.92 Å². The Kier molecular flexibility index (Phi) is 7.30. The van der Waals surface area contributed by atoms with Crippen LogP contribution in [-0.2, 0) is 11.3 Å². The Bertz CT molecular complexity index is 741. The molecule has 6 nitrogen and oxygen atoms in total. The first-order valence-electron chi connectivity index (χ1n) is 10.7. The quantitative estimate of drug-likeness (QED) is 0.728. The van der Waals surface area contributed by atoms with Gasteiger partial charge in [0.2, 0.25) is 0 Å². The number of nitrogens with one attached hydrogen (secondary N) is 1. The number of carbonyl (C=O) groups is 1. The number of methoxy groups -OCH3 is 1. The van der Waals surface area contributed by atoms with Gasteiger partial charge in [-0.05, 0) is 76.6 Å². The van der Waals surface area contributed by atoms with Crippen molar-refractivity contribution in [1.29, 1.82) is 0 Å². The molecule has 2 saturated heterocycles. The van der Waals surface area contributed by atoms with E-state index in [2.05, 4.69) is 10.2 Å². The third-order valence-electron chi connectivity index (χ3n) is 6.42. The topological polar surface area (TPSA) is 63.6 Å². The van der Waals surface area contributed by atoms with E-state index >= 15 is 0 Å². The first-order chi connectivity index (χ1) is 13.5. The van der Waals surface area contributed by atoms with Crippen molar-refractivity contribution in [2.45, 2.75) is 65.0 Å². The molecule has 2 aliphatic rings. The molecule has 1 aromatic heterocycles. The number of ether oxygens (including phenoxy) is 1. The average Bonchev–Trinajstić information content (AvgIpc) is 2.68. The zero-order valence-corrected chi connectivity index (χ0v) is 17.6. The van der Waals surface area contributed by atoms with E-state index in [9.17, 15) is 9.59 Å². The summed E-state index contributed by atoms with van der Waals surface area (Å²) in [5, 5.41) is 3.09.